The van der Waals surface area contributed by atoms with Gasteiger partial charge in [-0.1, -0.05) is 30.0 Å². The number of carbonyl (C=O) groups excluding carboxylic acids is 2. The number of nitrogens with zero attached hydrogens (tertiary/aromatic N) is 4. The third-order valence-corrected chi connectivity index (χ3v) is 6.47. The van der Waals surface area contributed by atoms with Crippen LogP contribution in [0.1, 0.15) is 27.3 Å². The number of aromatic nitrogens is 4. The molecular weight excluding hydrogens is 448 g/mol. The van der Waals surface area contributed by atoms with Gasteiger partial charge in [0, 0.05) is 48.5 Å². The van der Waals surface area contributed by atoms with Gasteiger partial charge < -0.3 is 15.2 Å². The van der Waals surface area contributed by atoms with E-state index in [1.165, 1.54) is 11.8 Å². The summed E-state index contributed by atoms with van der Waals surface area (Å²) in [4.78, 5) is 29.1. The predicted octanol–water partition coefficient (Wildman–Crippen LogP) is 3.88. The maximum Gasteiger partial charge on any atom is 0.251 e. The molecule has 0 spiro atoms. The molecule has 0 saturated heterocycles. The second-order valence-corrected chi connectivity index (χ2v) is 8.76. The van der Waals surface area contributed by atoms with Crippen molar-refractivity contribution in [2.45, 2.75) is 25.5 Å². The Kier molecular flexibility index (Phi) is 7.12. The van der Waals surface area contributed by atoms with E-state index in [-0.39, 0.29) is 17.6 Å². The summed E-state index contributed by atoms with van der Waals surface area (Å²) in [5.41, 5.74) is 5.00. The number of anilines is 1. The normalized spacial score (nSPS) is 10.8. The standard InChI is InChI=1S/C25H26N6O2S/c1-17-22(18(2)31(29-17)21-7-5-4-6-8-21)15-27-24(33)19-9-11-20(12-10-19)28-23(32)16-34-25-26-13-14-30(25)3/h4-14H,15-16H2,1-3H3,(H,27,33)(H,28,32). The van der Waals surface area contributed by atoms with Crippen LogP contribution in [0.5, 0.6) is 0 Å². The lowest BCUT2D eigenvalue weighted by Crippen LogP contribution is -2.23. The third kappa shape index (κ3) is 5.37. The van der Waals surface area contributed by atoms with Crippen LogP contribution in [0.4, 0.5) is 5.69 Å². The van der Waals surface area contributed by atoms with Crippen LogP contribution in [-0.2, 0) is 18.4 Å². The van der Waals surface area contributed by atoms with Crippen LogP contribution in [0.25, 0.3) is 5.69 Å². The molecular formula is C25H26N6O2S. The quantitative estimate of drug-likeness (QED) is 0.378. The van der Waals surface area contributed by atoms with E-state index in [1.54, 1.807) is 30.5 Å². The van der Waals surface area contributed by atoms with Crippen molar-refractivity contribution in [2.24, 2.45) is 7.05 Å². The van der Waals surface area contributed by atoms with Crippen molar-refractivity contribution in [1.29, 1.82) is 0 Å². The number of hydrogen-bond donors (Lipinski definition) is 2. The van der Waals surface area contributed by atoms with Crippen molar-refractivity contribution < 1.29 is 9.59 Å². The smallest absolute Gasteiger partial charge is 0.251 e. The maximum absolute atomic E-state index is 12.7. The average molecular weight is 475 g/mol. The van der Waals surface area contributed by atoms with Crippen molar-refractivity contribution in [3.8, 4) is 5.69 Å². The van der Waals surface area contributed by atoms with Gasteiger partial charge in [-0.3, -0.25) is 9.59 Å². The second-order valence-electron chi connectivity index (χ2n) is 7.81. The van der Waals surface area contributed by atoms with Gasteiger partial charge >= 0.3 is 0 Å². The molecule has 174 valence electrons. The van der Waals surface area contributed by atoms with Crippen molar-refractivity contribution in [1.82, 2.24) is 24.6 Å². The van der Waals surface area contributed by atoms with Crippen LogP contribution < -0.4 is 10.6 Å². The summed E-state index contributed by atoms with van der Waals surface area (Å²) >= 11 is 1.36. The molecule has 0 unspecified atom stereocenters. The molecule has 9 heteroatoms. The van der Waals surface area contributed by atoms with Crippen molar-refractivity contribution in [3.05, 3.63) is 89.5 Å². The molecule has 8 nitrogen and oxygen atoms in total. The second kappa shape index (κ2) is 10.4. The van der Waals surface area contributed by atoms with Crippen LogP contribution in [0.15, 0.2) is 72.1 Å². The van der Waals surface area contributed by atoms with E-state index in [2.05, 4.69) is 20.7 Å². The van der Waals surface area contributed by atoms with Crippen LogP contribution in [0.2, 0.25) is 0 Å². The zero-order valence-corrected chi connectivity index (χ0v) is 20.1. The molecule has 0 fully saturated rings. The maximum atomic E-state index is 12.7. The van der Waals surface area contributed by atoms with E-state index in [4.69, 9.17) is 0 Å². The number of carbonyl (C=O) groups is 2. The Morgan fingerprint density at radius 1 is 1.03 bits per heavy atom. The number of benzene rings is 2. The number of aryl methyl sites for hydroxylation is 2. The minimum Gasteiger partial charge on any atom is -0.348 e. The Balaban J connectivity index is 1.32. The summed E-state index contributed by atoms with van der Waals surface area (Å²) in [6, 6.07) is 16.8. The number of hydrogen-bond acceptors (Lipinski definition) is 5. The van der Waals surface area contributed by atoms with Crippen LogP contribution in [-0.4, -0.2) is 36.9 Å². The van der Waals surface area contributed by atoms with Gasteiger partial charge in [-0.25, -0.2) is 9.67 Å². The Morgan fingerprint density at radius 2 is 1.76 bits per heavy atom. The highest BCUT2D eigenvalue weighted by Crippen LogP contribution is 2.18. The molecule has 0 aliphatic rings. The van der Waals surface area contributed by atoms with Gasteiger partial charge in [0.1, 0.15) is 0 Å². The molecule has 0 radical (unpaired) electrons. The van der Waals surface area contributed by atoms with Gasteiger partial charge in [0.15, 0.2) is 5.16 Å². The fourth-order valence-corrected chi connectivity index (χ4v) is 4.28. The highest BCUT2D eigenvalue weighted by molar-refractivity contribution is 7.99. The lowest BCUT2D eigenvalue weighted by molar-refractivity contribution is -0.113. The number of rotatable bonds is 8. The largest absolute Gasteiger partial charge is 0.348 e. The number of amides is 2. The first-order valence-electron chi connectivity index (χ1n) is 10.8. The van der Waals surface area contributed by atoms with E-state index < -0.39 is 0 Å². The number of nitrogens with one attached hydrogen (secondary N) is 2. The first-order chi connectivity index (χ1) is 16.4. The monoisotopic (exact) mass is 474 g/mol. The van der Waals surface area contributed by atoms with Gasteiger partial charge in [-0.05, 0) is 50.2 Å². The summed E-state index contributed by atoms with van der Waals surface area (Å²) < 4.78 is 3.75. The van der Waals surface area contributed by atoms with Crippen LogP contribution in [0.3, 0.4) is 0 Å². The SMILES string of the molecule is Cc1nn(-c2ccccc2)c(C)c1CNC(=O)c1ccc(NC(=O)CSc2nccn2C)cc1. The molecule has 0 saturated carbocycles. The van der Waals surface area contributed by atoms with Crippen molar-refractivity contribution in [2.75, 3.05) is 11.1 Å². The minimum atomic E-state index is -0.186. The van der Waals surface area contributed by atoms with Crippen LogP contribution in [0, 0.1) is 13.8 Å². The fraction of sp³-hybridized carbons (Fsp3) is 0.200. The molecule has 0 aliphatic heterocycles. The summed E-state index contributed by atoms with van der Waals surface area (Å²) in [5.74, 6) is -0.0660. The molecule has 4 aromatic rings. The number of imidazole rings is 1. The Bertz CT molecular complexity index is 1290. The first-order valence-corrected chi connectivity index (χ1v) is 11.8. The van der Waals surface area contributed by atoms with Crippen molar-refractivity contribution in [3.63, 3.8) is 0 Å². The molecule has 2 N–H and O–H groups in total. The number of para-hydroxylation sites is 1. The minimum absolute atomic E-state index is 0.133. The van der Waals surface area contributed by atoms with E-state index in [9.17, 15) is 9.59 Å². The van der Waals surface area contributed by atoms with Crippen molar-refractivity contribution >= 4 is 29.3 Å². The molecule has 2 heterocycles. The summed E-state index contributed by atoms with van der Waals surface area (Å²) in [6.45, 7) is 4.32. The summed E-state index contributed by atoms with van der Waals surface area (Å²) in [5, 5.41) is 11.2. The van der Waals surface area contributed by atoms with E-state index in [1.807, 2.05) is 66.7 Å². The van der Waals surface area contributed by atoms with Gasteiger partial charge in [0.25, 0.3) is 5.91 Å². The number of thioether (sulfide) groups is 1. The topological polar surface area (TPSA) is 93.8 Å². The van der Waals surface area contributed by atoms with Gasteiger partial charge in [-0.2, -0.15) is 5.10 Å². The molecule has 2 aromatic heterocycles. The van der Waals surface area contributed by atoms with E-state index in [0.717, 1.165) is 27.8 Å². The lowest BCUT2D eigenvalue weighted by Gasteiger charge is -2.09. The molecule has 0 bridgehead atoms. The highest BCUT2D eigenvalue weighted by atomic mass is 32.2. The first kappa shape index (κ1) is 23.3. The molecule has 2 amide bonds. The molecule has 2 aromatic carbocycles. The highest BCUT2D eigenvalue weighted by Gasteiger charge is 2.14. The van der Waals surface area contributed by atoms with Crippen LogP contribution >= 0.6 is 11.8 Å². The van der Waals surface area contributed by atoms with Gasteiger partial charge in [0.2, 0.25) is 5.91 Å². The fourth-order valence-electron chi connectivity index (χ4n) is 3.55. The zero-order chi connectivity index (χ0) is 24.1. The summed E-state index contributed by atoms with van der Waals surface area (Å²) in [7, 11) is 1.88. The lowest BCUT2D eigenvalue weighted by atomic mass is 10.1. The predicted molar refractivity (Wildman–Crippen MR) is 133 cm³/mol. The average Bonchev–Trinajstić information content (AvgIpc) is 3.38. The Morgan fingerprint density at radius 3 is 2.44 bits per heavy atom. The Hall–Kier alpha value is -3.85. The van der Waals surface area contributed by atoms with E-state index >= 15 is 0 Å². The zero-order valence-electron chi connectivity index (χ0n) is 19.3. The summed E-state index contributed by atoms with van der Waals surface area (Å²) in [6.07, 6.45) is 3.53. The molecule has 4 rings (SSSR count). The Labute approximate surface area is 202 Å². The third-order valence-electron chi connectivity index (χ3n) is 5.41. The molecule has 0 atom stereocenters. The molecule has 34 heavy (non-hydrogen) atoms. The van der Waals surface area contributed by atoms with Gasteiger partial charge in [-0.15, -0.1) is 0 Å². The van der Waals surface area contributed by atoms with Gasteiger partial charge in [0.05, 0.1) is 17.1 Å². The molecule has 0 aliphatic carbocycles. The van der Waals surface area contributed by atoms with E-state index in [0.29, 0.717) is 17.8 Å².